The van der Waals surface area contributed by atoms with Gasteiger partial charge in [0.05, 0.1) is 23.3 Å². The molecule has 3 aromatic rings. The third-order valence-electron chi connectivity index (χ3n) is 6.02. The highest BCUT2D eigenvalue weighted by Gasteiger charge is 2.37. The van der Waals surface area contributed by atoms with Gasteiger partial charge in [-0.05, 0) is 77.3 Å². The van der Waals surface area contributed by atoms with Gasteiger partial charge in [-0.2, -0.15) is 0 Å². The molecule has 0 aromatic heterocycles. The number of rotatable bonds is 12. The SMILES string of the molecule is Cc1ccc(CC(=O)Nc2cc(-c3ccccc3/C(N)=N/N(N)COP(=O)(OC(C)(C)C)OC(C)(C)C)ccc2SC(C)(C)C)cc1. The minimum Gasteiger partial charge on any atom is -0.382 e. The summed E-state index contributed by atoms with van der Waals surface area (Å²) in [6, 6.07) is 21.4. The number of benzene rings is 3. The largest absolute Gasteiger partial charge is 0.477 e. The van der Waals surface area contributed by atoms with E-state index in [9.17, 15) is 9.36 Å². The molecule has 5 N–H and O–H groups in total. The Balaban J connectivity index is 1.89. The van der Waals surface area contributed by atoms with Crippen molar-refractivity contribution in [2.24, 2.45) is 16.7 Å². The molecular formula is C35H50N5O5PS. The summed E-state index contributed by atoms with van der Waals surface area (Å²) in [6.07, 6.45) is 0.253. The van der Waals surface area contributed by atoms with Crippen LogP contribution in [0.1, 0.15) is 79.0 Å². The zero-order chi connectivity index (χ0) is 35.2. The number of nitrogens with one attached hydrogen (secondary N) is 1. The van der Waals surface area contributed by atoms with Gasteiger partial charge in [0.15, 0.2) is 12.6 Å². The van der Waals surface area contributed by atoms with Gasteiger partial charge in [-0.3, -0.25) is 18.4 Å². The number of anilines is 1. The van der Waals surface area contributed by atoms with Crippen LogP contribution in [0.25, 0.3) is 11.1 Å². The average Bonchev–Trinajstić information content (AvgIpc) is 2.91. The Morgan fingerprint density at radius 2 is 1.51 bits per heavy atom. The van der Waals surface area contributed by atoms with Crippen molar-refractivity contribution in [3.05, 3.63) is 83.4 Å². The highest BCUT2D eigenvalue weighted by Crippen LogP contribution is 2.55. The van der Waals surface area contributed by atoms with E-state index in [0.717, 1.165) is 32.3 Å². The molecule has 3 rings (SSSR count). The lowest BCUT2D eigenvalue weighted by Crippen LogP contribution is -2.33. The maximum Gasteiger partial charge on any atom is 0.477 e. The molecule has 10 nitrogen and oxygen atoms in total. The third kappa shape index (κ3) is 13.1. The van der Waals surface area contributed by atoms with Crippen LogP contribution in [0.3, 0.4) is 0 Å². The maximum atomic E-state index is 13.4. The Labute approximate surface area is 284 Å². The number of thioether (sulfide) groups is 1. The van der Waals surface area contributed by atoms with Crippen molar-refractivity contribution in [3.63, 3.8) is 0 Å². The van der Waals surface area contributed by atoms with Crippen LogP contribution in [0.2, 0.25) is 0 Å². The zero-order valence-electron chi connectivity index (χ0n) is 29.2. The lowest BCUT2D eigenvalue weighted by atomic mass is 9.98. The number of phosphoric acid groups is 1. The topological polar surface area (TPSA) is 141 Å². The van der Waals surface area contributed by atoms with Crippen molar-refractivity contribution in [1.82, 2.24) is 5.12 Å². The molecule has 0 unspecified atom stereocenters. The van der Waals surface area contributed by atoms with Crippen LogP contribution >= 0.6 is 19.6 Å². The fourth-order valence-corrected chi connectivity index (χ4v) is 7.11. The first kappa shape index (κ1) is 38.3. The number of hydrogen-bond donors (Lipinski definition) is 3. The molecule has 0 aliphatic heterocycles. The van der Waals surface area contributed by atoms with Gasteiger partial charge in [0.1, 0.15) is 0 Å². The molecule has 1 amide bonds. The molecule has 0 aliphatic rings. The lowest BCUT2D eigenvalue weighted by Gasteiger charge is -2.31. The summed E-state index contributed by atoms with van der Waals surface area (Å²) in [5, 5.41) is 8.37. The Bertz CT molecular complexity index is 1590. The minimum absolute atomic E-state index is 0.0839. The van der Waals surface area contributed by atoms with Gasteiger partial charge in [-0.15, -0.1) is 16.9 Å². The van der Waals surface area contributed by atoms with Crippen molar-refractivity contribution >= 4 is 37.0 Å². The van der Waals surface area contributed by atoms with Crippen LogP contribution in [0.4, 0.5) is 5.69 Å². The molecule has 12 heteroatoms. The first-order chi connectivity index (χ1) is 21.6. The Morgan fingerprint density at radius 3 is 2.09 bits per heavy atom. The molecular weight excluding hydrogens is 633 g/mol. The molecule has 0 fully saturated rings. The minimum atomic E-state index is -4.02. The average molecular weight is 684 g/mol. The van der Waals surface area contributed by atoms with Crippen molar-refractivity contribution in [3.8, 4) is 11.1 Å². The highest BCUT2D eigenvalue weighted by molar-refractivity contribution is 8.00. The third-order valence-corrected chi connectivity index (χ3v) is 9.19. The predicted octanol–water partition coefficient (Wildman–Crippen LogP) is 8.24. The summed E-state index contributed by atoms with van der Waals surface area (Å²) in [4.78, 5) is 14.1. The number of phosphoric ester groups is 1. The van der Waals surface area contributed by atoms with Crippen LogP contribution in [0.5, 0.6) is 0 Å². The number of nitrogens with two attached hydrogens (primary N) is 2. The van der Waals surface area contributed by atoms with E-state index in [1.807, 2.05) is 73.7 Å². The second-order valence-corrected chi connectivity index (χ2v) is 17.6. The maximum absolute atomic E-state index is 13.4. The van der Waals surface area contributed by atoms with Crippen molar-refractivity contribution in [2.45, 2.75) is 96.5 Å². The van der Waals surface area contributed by atoms with Crippen molar-refractivity contribution < 1.29 is 22.9 Å². The summed E-state index contributed by atoms with van der Waals surface area (Å²) < 4.78 is 30.2. The van der Waals surface area contributed by atoms with E-state index in [4.69, 9.17) is 25.1 Å². The number of carbonyl (C=O) groups is 1. The predicted molar refractivity (Wildman–Crippen MR) is 193 cm³/mol. The Morgan fingerprint density at radius 1 is 0.915 bits per heavy atom. The fourth-order valence-electron chi connectivity index (χ4n) is 4.35. The van der Waals surface area contributed by atoms with E-state index in [0.29, 0.717) is 11.3 Å². The normalized spacial score (nSPS) is 13.0. The number of hydrazine groups is 1. The van der Waals surface area contributed by atoms with Crippen molar-refractivity contribution in [1.29, 1.82) is 0 Å². The zero-order valence-corrected chi connectivity index (χ0v) is 30.9. The number of hydrazone groups is 1. The number of aryl methyl sites for hydroxylation is 1. The van der Waals surface area contributed by atoms with E-state index < -0.39 is 25.8 Å². The first-order valence-corrected chi connectivity index (χ1v) is 17.7. The summed E-state index contributed by atoms with van der Waals surface area (Å²) in [5.41, 5.74) is 9.85. The quantitative estimate of drug-likeness (QED) is 0.0327. The van der Waals surface area contributed by atoms with Gasteiger partial charge in [0.2, 0.25) is 5.91 Å². The molecule has 0 heterocycles. The Hall–Kier alpha value is -3.18. The Kier molecular flexibility index (Phi) is 12.5. The van der Waals surface area contributed by atoms with E-state index >= 15 is 0 Å². The molecule has 0 saturated carbocycles. The summed E-state index contributed by atoms with van der Waals surface area (Å²) in [7, 11) is -4.02. The molecule has 3 aromatic carbocycles. The number of hydrogen-bond acceptors (Lipinski definition) is 9. The van der Waals surface area contributed by atoms with E-state index in [2.05, 4.69) is 31.2 Å². The van der Waals surface area contributed by atoms with Gasteiger partial charge in [0.25, 0.3) is 0 Å². The number of amidine groups is 1. The van der Waals surface area contributed by atoms with Gasteiger partial charge in [-0.25, -0.2) is 15.5 Å². The van der Waals surface area contributed by atoms with Gasteiger partial charge >= 0.3 is 7.82 Å². The molecule has 0 saturated heterocycles. The molecule has 47 heavy (non-hydrogen) atoms. The van der Waals surface area contributed by atoms with E-state index in [1.165, 1.54) is 0 Å². The molecule has 0 spiro atoms. The molecule has 256 valence electrons. The van der Waals surface area contributed by atoms with Crippen LogP contribution < -0.4 is 16.9 Å². The number of carbonyl (C=O) groups excluding carboxylic acids is 1. The first-order valence-electron chi connectivity index (χ1n) is 15.4. The summed E-state index contributed by atoms with van der Waals surface area (Å²) in [6.45, 7) is 18.5. The summed E-state index contributed by atoms with van der Waals surface area (Å²) >= 11 is 1.67. The lowest BCUT2D eigenvalue weighted by molar-refractivity contribution is -0.115. The van der Waals surface area contributed by atoms with Crippen molar-refractivity contribution in [2.75, 3.05) is 12.0 Å². The number of nitrogens with zero attached hydrogens (tertiary/aromatic N) is 2. The van der Waals surface area contributed by atoms with Gasteiger partial charge in [0, 0.05) is 15.2 Å². The van der Waals surface area contributed by atoms with Crippen LogP contribution in [0, 0.1) is 6.92 Å². The van der Waals surface area contributed by atoms with Crippen LogP contribution in [0.15, 0.2) is 76.7 Å². The summed E-state index contributed by atoms with van der Waals surface area (Å²) in [5.74, 6) is 6.11. The second-order valence-electron chi connectivity index (χ2n) is 14.2. The van der Waals surface area contributed by atoms with E-state index in [1.54, 1.807) is 53.3 Å². The van der Waals surface area contributed by atoms with Crippen LogP contribution in [-0.4, -0.2) is 39.5 Å². The van der Waals surface area contributed by atoms with E-state index in [-0.39, 0.29) is 22.9 Å². The second kappa shape index (κ2) is 15.4. The molecule has 0 bridgehead atoms. The molecule has 0 aliphatic carbocycles. The molecule has 0 atom stereocenters. The number of amides is 1. The highest BCUT2D eigenvalue weighted by atomic mass is 32.2. The standard InChI is InChI=1S/C35H50N5O5PS/c1-24-15-17-25(18-16-24)21-31(41)38-29-22-26(19-20-30(29)47-35(8,9)10)27-13-11-12-14-28(27)32(36)39-40(37)23-43-46(42,44-33(2,3)4)45-34(5,6)7/h11-20,22H,21,23,37H2,1-10H3,(H2,36,39)(H,38,41). The monoisotopic (exact) mass is 683 g/mol. The fraction of sp³-hybridized carbons (Fsp3) is 0.429. The molecule has 0 radical (unpaired) electrons. The van der Waals surface area contributed by atoms with Crippen LogP contribution in [-0.2, 0) is 29.4 Å². The smallest absolute Gasteiger partial charge is 0.382 e. The van der Waals surface area contributed by atoms with Gasteiger partial charge in [-0.1, -0.05) is 80.9 Å². The van der Waals surface area contributed by atoms with Gasteiger partial charge < -0.3 is 11.1 Å².